The third kappa shape index (κ3) is 5.79. The molecule has 1 heterocycles. The Balaban J connectivity index is 1.59. The first-order chi connectivity index (χ1) is 9.95. The Hall–Kier alpha value is -0.270. The van der Waals surface area contributed by atoms with Crippen molar-refractivity contribution in [3.05, 3.63) is 0 Å². The van der Waals surface area contributed by atoms with E-state index in [0.717, 1.165) is 12.8 Å². The zero-order valence-corrected chi connectivity index (χ0v) is 14.3. The van der Waals surface area contributed by atoms with E-state index < -0.39 is 10.0 Å². The molecular formula is C14H26N2O3S2. The first-order valence-electron chi connectivity index (χ1n) is 7.78. The van der Waals surface area contributed by atoms with Gasteiger partial charge in [-0.2, -0.15) is 0 Å². The van der Waals surface area contributed by atoms with Crippen molar-refractivity contribution in [2.24, 2.45) is 5.92 Å². The number of carbonyl (C=O) groups excluding carboxylic acids is 1. The number of rotatable bonds is 6. The van der Waals surface area contributed by atoms with Crippen LogP contribution >= 0.6 is 11.8 Å². The molecule has 122 valence electrons. The second kappa shape index (κ2) is 7.83. The van der Waals surface area contributed by atoms with E-state index in [4.69, 9.17) is 0 Å². The Bertz CT molecular complexity index is 439. The summed E-state index contributed by atoms with van der Waals surface area (Å²) in [6.07, 6.45) is 8.04. The van der Waals surface area contributed by atoms with Crippen LogP contribution in [0.1, 0.15) is 38.5 Å². The van der Waals surface area contributed by atoms with Gasteiger partial charge in [-0.15, -0.1) is 11.8 Å². The van der Waals surface area contributed by atoms with Gasteiger partial charge >= 0.3 is 0 Å². The summed E-state index contributed by atoms with van der Waals surface area (Å²) >= 11 is 1.78. The third-order valence-electron chi connectivity index (χ3n) is 4.38. The van der Waals surface area contributed by atoms with Gasteiger partial charge in [-0.3, -0.25) is 4.79 Å². The average molecular weight is 335 g/mol. The summed E-state index contributed by atoms with van der Waals surface area (Å²) in [5.74, 6) is 1.09. The van der Waals surface area contributed by atoms with Crippen LogP contribution in [0.3, 0.4) is 0 Å². The predicted octanol–water partition coefficient (Wildman–Crippen LogP) is 1.45. The van der Waals surface area contributed by atoms with E-state index in [-0.39, 0.29) is 5.91 Å². The Morgan fingerprint density at radius 2 is 1.81 bits per heavy atom. The van der Waals surface area contributed by atoms with Crippen molar-refractivity contribution in [3.8, 4) is 0 Å². The first kappa shape index (κ1) is 17.1. The number of carbonyl (C=O) groups is 1. The van der Waals surface area contributed by atoms with Gasteiger partial charge in [-0.1, -0.05) is 12.8 Å². The molecule has 21 heavy (non-hydrogen) atoms. The highest BCUT2D eigenvalue weighted by molar-refractivity contribution is 8.00. The summed E-state index contributed by atoms with van der Waals surface area (Å²) in [5.41, 5.74) is 0. The molecule has 5 nitrogen and oxygen atoms in total. The number of nitrogens with zero attached hydrogens (tertiary/aromatic N) is 1. The number of nitrogens with one attached hydrogen (secondary N) is 1. The van der Waals surface area contributed by atoms with Crippen LogP contribution in [0.2, 0.25) is 0 Å². The first-order valence-corrected chi connectivity index (χ1v) is 10.7. The normalized spacial score (nSPS) is 22.5. The molecule has 2 fully saturated rings. The molecule has 1 saturated heterocycles. The van der Waals surface area contributed by atoms with Gasteiger partial charge in [0.25, 0.3) is 0 Å². The molecule has 0 aromatic carbocycles. The molecule has 0 spiro atoms. The zero-order valence-electron chi connectivity index (χ0n) is 12.7. The van der Waals surface area contributed by atoms with Crippen molar-refractivity contribution in [1.29, 1.82) is 0 Å². The molecule has 0 aromatic rings. The Morgan fingerprint density at radius 3 is 2.38 bits per heavy atom. The predicted molar refractivity (Wildman–Crippen MR) is 86.9 cm³/mol. The summed E-state index contributed by atoms with van der Waals surface area (Å²) < 4.78 is 24.4. The van der Waals surface area contributed by atoms with Crippen LogP contribution in [-0.2, 0) is 14.8 Å². The van der Waals surface area contributed by atoms with Crippen molar-refractivity contribution in [2.75, 3.05) is 31.6 Å². The van der Waals surface area contributed by atoms with E-state index in [2.05, 4.69) is 5.32 Å². The molecule has 1 aliphatic heterocycles. The topological polar surface area (TPSA) is 66.5 Å². The molecule has 0 bridgehead atoms. The summed E-state index contributed by atoms with van der Waals surface area (Å²) in [6, 6.07) is 0. The third-order valence-corrected chi connectivity index (χ3v) is 7.06. The van der Waals surface area contributed by atoms with Gasteiger partial charge in [0.15, 0.2) is 0 Å². The minimum atomic E-state index is -3.06. The van der Waals surface area contributed by atoms with Gasteiger partial charge in [-0.25, -0.2) is 12.7 Å². The fourth-order valence-corrected chi connectivity index (χ4v) is 5.03. The van der Waals surface area contributed by atoms with Crippen molar-refractivity contribution in [1.82, 2.24) is 9.62 Å². The average Bonchev–Trinajstić information content (AvgIpc) is 2.95. The van der Waals surface area contributed by atoms with Crippen molar-refractivity contribution in [2.45, 2.75) is 43.8 Å². The number of hydrogen-bond donors (Lipinski definition) is 1. The minimum Gasteiger partial charge on any atom is -0.355 e. The summed E-state index contributed by atoms with van der Waals surface area (Å²) in [7, 11) is -3.06. The second-order valence-electron chi connectivity index (χ2n) is 6.13. The van der Waals surface area contributed by atoms with E-state index in [9.17, 15) is 13.2 Å². The smallest absolute Gasteiger partial charge is 0.230 e. The molecule has 0 unspecified atom stereocenters. The van der Waals surface area contributed by atoms with Crippen molar-refractivity contribution >= 4 is 27.7 Å². The molecule has 0 atom stereocenters. The van der Waals surface area contributed by atoms with Crippen LogP contribution in [0.4, 0.5) is 0 Å². The lowest BCUT2D eigenvalue weighted by Gasteiger charge is -2.30. The molecule has 2 aliphatic rings. The number of piperidine rings is 1. The molecule has 1 amide bonds. The number of hydrogen-bond acceptors (Lipinski definition) is 4. The van der Waals surface area contributed by atoms with Crippen LogP contribution in [0.25, 0.3) is 0 Å². The molecular weight excluding hydrogens is 308 g/mol. The van der Waals surface area contributed by atoms with Gasteiger partial charge in [0.05, 0.1) is 12.0 Å². The Morgan fingerprint density at radius 1 is 1.19 bits per heavy atom. The van der Waals surface area contributed by atoms with Crippen LogP contribution in [-0.4, -0.2) is 55.5 Å². The van der Waals surface area contributed by atoms with Gasteiger partial charge in [0, 0.05) is 24.9 Å². The number of amides is 1. The molecule has 1 N–H and O–H groups in total. The SMILES string of the molecule is CS(=O)(=O)N1CCC(CNC(=O)CSC2CCCC2)CC1. The second-order valence-corrected chi connectivity index (χ2v) is 9.40. The van der Waals surface area contributed by atoms with E-state index >= 15 is 0 Å². The molecule has 0 radical (unpaired) electrons. The quantitative estimate of drug-likeness (QED) is 0.798. The lowest BCUT2D eigenvalue weighted by Crippen LogP contribution is -2.41. The monoisotopic (exact) mass is 334 g/mol. The standard InChI is InChI=1S/C14H26N2O3S2/c1-21(18,19)16-8-6-12(7-9-16)10-15-14(17)11-20-13-4-2-3-5-13/h12-13H,2-11H2,1H3,(H,15,17). The maximum absolute atomic E-state index is 11.8. The Labute approximate surface area is 132 Å². The zero-order chi connectivity index (χ0) is 15.3. The van der Waals surface area contributed by atoms with Crippen LogP contribution < -0.4 is 5.32 Å². The van der Waals surface area contributed by atoms with Crippen LogP contribution in [0.5, 0.6) is 0 Å². The fraction of sp³-hybridized carbons (Fsp3) is 0.929. The van der Waals surface area contributed by atoms with Gasteiger partial charge in [-0.05, 0) is 31.6 Å². The van der Waals surface area contributed by atoms with Gasteiger partial charge < -0.3 is 5.32 Å². The van der Waals surface area contributed by atoms with Crippen molar-refractivity contribution in [3.63, 3.8) is 0 Å². The van der Waals surface area contributed by atoms with Crippen LogP contribution in [0, 0.1) is 5.92 Å². The minimum absolute atomic E-state index is 0.123. The lowest BCUT2D eigenvalue weighted by atomic mass is 9.98. The highest BCUT2D eigenvalue weighted by atomic mass is 32.2. The summed E-state index contributed by atoms with van der Waals surface area (Å²) in [6.45, 7) is 1.84. The lowest BCUT2D eigenvalue weighted by molar-refractivity contribution is -0.118. The molecule has 1 saturated carbocycles. The molecule has 2 rings (SSSR count). The highest BCUT2D eigenvalue weighted by Crippen LogP contribution is 2.29. The number of thioether (sulfide) groups is 1. The fourth-order valence-electron chi connectivity index (χ4n) is 3.00. The highest BCUT2D eigenvalue weighted by Gasteiger charge is 2.25. The van der Waals surface area contributed by atoms with E-state index in [0.29, 0.717) is 36.6 Å². The van der Waals surface area contributed by atoms with Crippen molar-refractivity contribution < 1.29 is 13.2 Å². The maximum Gasteiger partial charge on any atom is 0.230 e. The van der Waals surface area contributed by atoms with Crippen LogP contribution in [0.15, 0.2) is 0 Å². The summed E-state index contributed by atoms with van der Waals surface area (Å²) in [4.78, 5) is 11.8. The van der Waals surface area contributed by atoms with E-state index in [1.165, 1.54) is 36.2 Å². The van der Waals surface area contributed by atoms with Gasteiger partial charge in [0.2, 0.25) is 15.9 Å². The molecule has 0 aromatic heterocycles. The summed E-state index contributed by atoms with van der Waals surface area (Å²) in [5, 5.41) is 3.68. The molecule has 7 heteroatoms. The van der Waals surface area contributed by atoms with E-state index in [1.54, 1.807) is 11.8 Å². The maximum atomic E-state index is 11.8. The number of sulfonamides is 1. The van der Waals surface area contributed by atoms with Gasteiger partial charge in [0.1, 0.15) is 0 Å². The Kier molecular flexibility index (Phi) is 6.37. The molecule has 1 aliphatic carbocycles. The van der Waals surface area contributed by atoms with E-state index in [1.807, 2.05) is 0 Å². The largest absolute Gasteiger partial charge is 0.355 e.